The molecular formula is C15H13NO4S. The summed E-state index contributed by atoms with van der Waals surface area (Å²) >= 11 is 1.20. The molecule has 0 aromatic heterocycles. The van der Waals surface area contributed by atoms with Crippen molar-refractivity contribution in [3.05, 3.63) is 63.2 Å². The molecule has 2 rings (SSSR count). The Balaban J connectivity index is 2.51. The van der Waals surface area contributed by atoms with Gasteiger partial charge in [-0.3, -0.25) is 10.1 Å². The fraction of sp³-hybridized carbons (Fsp3) is 0.133. The summed E-state index contributed by atoms with van der Waals surface area (Å²) in [6.07, 6.45) is 0. The fourth-order valence-corrected chi connectivity index (χ4v) is 3.02. The minimum Gasteiger partial charge on any atom is -0.477 e. The zero-order chi connectivity index (χ0) is 15.6. The van der Waals surface area contributed by atoms with Crippen molar-refractivity contribution in [1.29, 1.82) is 0 Å². The van der Waals surface area contributed by atoms with Gasteiger partial charge in [0.1, 0.15) is 5.56 Å². The van der Waals surface area contributed by atoms with Gasteiger partial charge < -0.3 is 5.11 Å². The Bertz CT molecular complexity index is 728. The van der Waals surface area contributed by atoms with Crippen LogP contribution in [0.1, 0.15) is 21.5 Å². The molecule has 1 N–H and O–H groups in total. The molecule has 0 fully saturated rings. The third-order valence-electron chi connectivity index (χ3n) is 2.96. The lowest BCUT2D eigenvalue weighted by Gasteiger charge is -2.08. The van der Waals surface area contributed by atoms with E-state index in [2.05, 4.69) is 0 Å². The number of nitro groups is 1. The third-order valence-corrected chi connectivity index (χ3v) is 4.19. The number of carbonyl (C=O) groups is 1. The number of aryl methyl sites for hydroxylation is 2. The zero-order valence-corrected chi connectivity index (χ0v) is 12.3. The molecule has 0 atom stereocenters. The van der Waals surface area contributed by atoms with Gasteiger partial charge in [0.25, 0.3) is 5.69 Å². The smallest absolute Gasteiger partial charge is 0.342 e. The van der Waals surface area contributed by atoms with Crippen LogP contribution in [0.5, 0.6) is 0 Å². The Labute approximate surface area is 125 Å². The summed E-state index contributed by atoms with van der Waals surface area (Å²) in [5.74, 6) is -1.30. The average molecular weight is 303 g/mol. The van der Waals surface area contributed by atoms with Crippen LogP contribution in [-0.4, -0.2) is 16.0 Å². The SMILES string of the molecule is Cc1ccc(Sc2cccc(C(=O)O)c2[N+](=O)[O-])c(C)c1. The van der Waals surface area contributed by atoms with E-state index in [9.17, 15) is 14.9 Å². The molecule has 108 valence electrons. The zero-order valence-electron chi connectivity index (χ0n) is 11.5. The highest BCUT2D eigenvalue weighted by Gasteiger charge is 2.24. The van der Waals surface area contributed by atoms with Gasteiger partial charge in [0.15, 0.2) is 0 Å². The van der Waals surface area contributed by atoms with Crippen molar-refractivity contribution in [1.82, 2.24) is 0 Å². The van der Waals surface area contributed by atoms with E-state index in [1.165, 1.54) is 23.9 Å². The second-order valence-electron chi connectivity index (χ2n) is 4.59. The highest BCUT2D eigenvalue weighted by Crippen LogP contribution is 2.38. The molecule has 0 heterocycles. The molecule has 0 aliphatic carbocycles. The highest BCUT2D eigenvalue weighted by molar-refractivity contribution is 7.99. The van der Waals surface area contributed by atoms with E-state index in [0.717, 1.165) is 16.0 Å². The molecule has 0 aliphatic heterocycles. The van der Waals surface area contributed by atoms with Crippen LogP contribution in [-0.2, 0) is 0 Å². The van der Waals surface area contributed by atoms with Crippen molar-refractivity contribution < 1.29 is 14.8 Å². The Morgan fingerprint density at radius 3 is 2.48 bits per heavy atom. The maximum absolute atomic E-state index is 11.2. The molecule has 0 amide bonds. The van der Waals surface area contributed by atoms with Crippen molar-refractivity contribution in [3.63, 3.8) is 0 Å². The number of hydrogen-bond donors (Lipinski definition) is 1. The van der Waals surface area contributed by atoms with Crippen LogP contribution in [0, 0.1) is 24.0 Å². The molecular weight excluding hydrogens is 290 g/mol. The second kappa shape index (κ2) is 5.97. The summed E-state index contributed by atoms with van der Waals surface area (Å²) in [5.41, 5.74) is 1.44. The van der Waals surface area contributed by atoms with Gasteiger partial charge in [0.2, 0.25) is 0 Å². The number of carboxylic acids is 1. The Hall–Kier alpha value is -2.34. The summed E-state index contributed by atoms with van der Waals surface area (Å²) in [4.78, 5) is 22.9. The topological polar surface area (TPSA) is 80.4 Å². The van der Waals surface area contributed by atoms with Crippen molar-refractivity contribution in [2.45, 2.75) is 23.6 Å². The molecule has 5 nitrogen and oxygen atoms in total. The number of benzene rings is 2. The summed E-state index contributed by atoms with van der Waals surface area (Å²) in [6, 6.07) is 10.1. The van der Waals surface area contributed by atoms with E-state index in [4.69, 9.17) is 5.11 Å². The number of rotatable bonds is 4. The fourth-order valence-electron chi connectivity index (χ4n) is 2.00. The summed E-state index contributed by atoms with van der Waals surface area (Å²) in [7, 11) is 0. The van der Waals surface area contributed by atoms with Crippen LogP contribution < -0.4 is 0 Å². The van der Waals surface area contributed by atoms with Crippen LogP contribution in [0.15, 0.2) is 46.2 Å². The summed E-state index contributed by atoms with van der Waals surface area (Å²) in [6.45, 7) is 3.89. The molecule has 0 saturated heterocycles. The van der Waals surface area contributed by atoms with Crippen LogP contribution in [0.3, 0.4) is 0 Å². The first-order valence-electron chi connectivity index (χ1n) is 6.16. The van der Waals surface area contributed by atoms with Gasteiger partial charge in [-0.05, 0) is 37.6 Å². The van der Waals surface area contributed by atoms with Crippen LogP contribution in [0.2, 0.25) is 0 Å². The lowest BCUT2D eigenvalue weighted by atomic mass is 10.2. The first-order chi connectivity index (χ1) is 9.90. The minimum atomic E-state index is -1.30. The van der Waals surface area contributed by atoms with Crippen molar-refractivity contribution in [2.24, 2.45) is 0 Å². The number of nitro benzene ring substituents is 1. The van der Waals surface area contributed by atoms with E-state index in [1.807, 2.05) is 32.0 Å². The van der Waals surface area contributed by atoms with Gasteiger partial charge in [0.05, 0.1) is 9.82 Å². The molecule has 21 heavy (non-hydrogen) atoms. The molecule has 0 spiro atoms. The van der Waals surface area contributed by atoms with Gasteiger partial charge in [-0.1, -0.05) is 35.5 Å². The largest absolute Gasteiger partial charge is 0.477 e. The summed E-state index contributed by atoms with van der Waals surface area (Å²) in [5, 5.41) is 20.3. The third kappa shape index (κ3) is 3.22. The molecule has 0 unspecified atom stereocenters. The predicted octanol–water partition coefficient (Wildman–Crippen LogP) is 4.06. The Morgan fingerprint density at radius 2 is 1.90 bits per heavy atom. The van der Waals surface area contributed by atoms with Gasteiger partial charge in [-0.15, -0.1) is 0 Å². The minimum absolute atomic E-state index is 0.297. The number of hydrogen-bond acceptors (Lipinski definition) is 4. The van der Waals surface area contributed by atoms with E-state index in [-0.39, 0.29) is 11.3 Å². The molecule has 6 heteroatoms. The Morgan fingerprint density at radius 1 is 1.19 bits per heavy atom. The van der Waals surface area contributed by atoms with E-state index in [0.29, 0.717) is 4.90 Å². The molecule has 2 aromatic carbocycles. The normalized spacial score (nSPS) is 10.4. The average Bonchev–Trinajstić information content (AvgIpc) is 2.41. The van der Waals surface area contributed by atoms with Crippen LogP contribution in [0.4, 0.5) is 5.69 Å². The Kier molecular flexibility index (Phi) is 4.28. The standard InChI is InChI=1S/C15H13NO4S/c1-9-6-7-12(10(2)8-9)21-13-5-3-4-11(15(17)18)14(13)16(19)20/h3-8H,1-2H3,(H,17,18). The molecule has 0 aliphatic rings. The lowest BCUT2D eigenvalue weighted by molar-refractivity contribution is -0.388. The molecule has 0 saturated carbocycles. The maximum Gasteiger partial charge on any atom is 0.342 e. The maximum atomic E-state index is 11.2. The predicted molar refractivity (Wildman–Crippen MR) is 80.1 cm³/mol. The number of nitrogens with zero attached hydrogens (tertiary/aromatic N) is 1. The summed E-state index contributed by atoms with van der Waals surface area (Å²) < 4.78 is 0. The molecule has 0 radical (unpaired) electrons. The van der Waals surface area contributed by atoms with Crippen LogP contribution in [0.25, 0.3) is 0 Å². The molecule has 2 aromatic rings. The molecule has 0 bridgehead atoms. The van der Waals surface area contributed by atoms with Gasteiger partial charge in [0, 0.05) is 4.90 Å². The second-order valence-corrected chi connectivity index (χ2v) is 5.67. The first-order valence-corrected chi connectivity index (χ1v) is 6.97. The van der Waals surface area contributed by atoms with Gasteiger partial charge in [-0.25, -0.2) is 4.79 Å². The monoisotopic (exact) mass is 303 g/mol. The van der Waals surface area contributed by atoms with E-state index >= 15 is 0 Å². The lowest BCUT2D eigenvalue weighted by Crippen LogP contribution is -2.03. The van der Waals surface area contributed by atoms with Crippen molar-refractivity contribution in [3.8, 4) is 0 Å². The van der Waals surface area contributed by atoms with E-state index in [1.54, 1.807) is 6.07 Å². The number of para-hydroxylation sites is 1. The van der Waals surface area contributed by atoms with E-state index < -0.39 is 10.9 Å². The first kappa shape index (κ1) is 15.1. The number of carboxylic acid groups (broad SMARTS) is 1. The van der Waals surface area contributed by atoms with Crippen LogP contribution >= 0.6 is 11.8 Å². The quantitative estimate of drug-likeness (QED) is 0.680. The van der Waals surface area contributed by atoms with Crippen molar-refractivity contribution >= 4 is 23.4 Å². The highest BCUT2D eigenvalue weighted by atomic mass is 32.2. The number of aromatic carboxylic acids is 1. The van der Waals surface area contributed by atoms with Gasteiger partial charge >= 0.3 is 5.97 Å². The van der Waals surface area contributed by atoms with Gasteiger partial charge in [-0.2, -0.15) is 0 Å². The van der Waals surface area contributed by atoms with Crippen molar-refractivity contribution in [2.75, 3.05) is 0 Å².